The molecule has 0 saturated carbocycles. The van der Waals surface area contributed by atoms with Crippen LogP contribution < -0.4 is 5.32 Å². The molecular formula is C12H17ClN2O3. The smallest absolute Gasteiger partial charge is 0.321 e. The van der Waals surface area contributed by atoms with Crippen molar-refractivity contribution in [1.29, 1.82) is 0 Å². The maximum absolute atomic E-state index is 11.7. The second-order valence-electron chi connectivity index (χ2n) is 4.11. The average Bonchev–Trinajstić information content (AvgIpc) is 2.33. The van der Waals surface area contributed by atoms with Gasteiger partial charge in [0.1, 0.15) is 0 Å². The molecule has 0 aliphatic heterocycles. The van der Waals surface area contributed by atoms with Crippen LogP contribution in [-0.4, -0.2) is 47.4 Å². The summed E-state index contributed by atoms with van der Waals surface area (Å²) < 4.78 is 0. The van der Waals surface area contributed by atoms with E-state index in [2.05, 4.69) is 5.32 Å². The molecular weight excluding hydrogens is 256 g/mol. The van der Waals surface area contributed by atoms with Crippen molar-refractivity contribution in [2.24, 2.45) is 0 Å². The number of rotatable bonds is 4. The number of urea groups is 1. The van der Waals surface area contributed by atoms with Gasteiger partial charge in [0.2, 0.25) is 0 Å². The van der Waals surface area contributed by atoms with Crippen LogP contribution in [0.1, 0.15) is 5.56 Å². The van der Waals surface area contributed by atoms with Crippen LogP contribution in [0.5, 0.6) is 0 Å². The van der Waals surface area contributed by atoms with Crippen LogP contribution in [0.2, 0.25) is 5.02 Å². The highest BCUT2D eigenvalue weighted by molar-refractivity contribution is 6.31. The molecule has 18 heavy (non-hydrogen) atoms. The summed E-state index contributed by atoms with van der Waals surface area (Å²) in [4.78, 5) is 13.0. The molecule has 0 heterocycles. The van der Waals surface area contributed by atoms with Crippen LogP contribution in [-0.2, 0) is 0 Å². The highest BCUT2D eigenvalue weighted by atomic mass is 35.5. The molecule has 0 spiro atoms. The number of nitrogens with one attached hydrogen (secondary N) is 1. The Balaban J connectivity index is 2.61. The molecule has 100 valence electrons. The van der Waals surface area contributed by atoms with Gasteiger partial charge in [-0.2, -0.15) is 0 Å². The Labute approximate surface area is 111 Å². The number of benzene rings is 1. The number of hydrogen-bond donors (Lipinski definition) is 3. The highest BCUT2D eigenvalue weighted by Gasteiger charge is 2.13. The molecule has 0 unspecified atom stereocenters. The monoisotopic (exact) mass is 272 g/mol. The Morgan fingerprint density at radius 1 is 1.56 bits per heavy atom. The van der Waals surface area contributed by atoms with E-state index < -0.39 is 6.10 Å². The summed E-state index contributed by atoms with van der Waals surface area (Å²) in [6.45, 7) is 1.55. The average molecular weight is 273 g/mol. The van der Waals surface area contributed by atoms with Crippen LogP contribution in [0.4, 0.5) is 10.5 Å². The van der Waals surface area contributed by atoms with Gasteiger partial charge in [0.25, 0.3) is 0 Å². The standard InChI is InChI=1S/C12H17ClN2O3/c1-8-3-4-9(5-11(8)13)14-12(18)15(2)6-10(17)7-16/h3-5,10,16-17H,6-7H2,1-2H3,(H,14,18)/t10-/m0/s1. The lowest BCUT2D eigenvalue weighted by Crippen LogP contribution is -2.38. The molecule has 1 rings (SSSR count). The van der Waals surface area contributed by atoms with Gasteiger partial charge in [-0.15, -0.1) is 0 Å². The fraction of sp³-hybridized carbons (Fsp3) is 0.417. The minimum Gasteiger partial charge on any atom is -0.394 e. The van der Waals surface area contributed by atoms with E-state index in [1.54, 1.807) is 18.2 Å². The first-order chi connectivity index (χ1) is 8.43. The van der Waals surface area contributed by atoms with Crippen molar-refractivity contribution >= 4 is 23.3 Å². The lowest BCUT2D eigenvalue weighted by molar-refractivity contribution is 0.0750. The number of carbonyl (C=O) groups excluding carboxylic acids is 1. The number of nitrogens with zero attached hydrogens (tertiary/aromatic N) is 1. The SMILES string of the molecule is Cc1ccc(NC(=O)N(C)C[C@H](O)CO)cc1Cl. The molecule has 0 aromatic heterocycles. The zero-order valence-corrected chi connectivity index (χ0v) is 11.1. The van der Waals surface area contributed by atoms with Crippen LogP contribution in [0.15, 0.2) is 18.2 Å². The van der Waals surface area contributed by atoms with E-state index in [1.807, 2.05) is 6.92 Å². The Hall–Kier alpha value is -1.30. The molecule has 5 nitrogen and oxygen atoms in total. The third-order valence-electron chi connectivity index (χ3n) is 2.47. The van der Waals surface area contributed by atoms with Crippen LogP contribution in [0, 0.1) is 6.92 Å². The zero-order chi connectivity index (χ0) is 13.7. The van der Waals surface area contributed by atoms with Crippen molar-refractivity contribution in [3.05, 3.63) is 28.8 Å². The number of aliphatic hydroxyl groups excluding tert-OH is 2. The molecule has 0 aliphatic carbocycles. The molecule has 0 saturated heterocycles. The van der Waals surface area contributed by atoms with Crippen LogP contribution in [0.3, 0.4) is 0 Å². The number of likely N-dealkylation sites (N-methyl/N-ethyl adjacent to an activating group) is 1. The van der Waals surface area contributed by atoms with Crippen molar-refractivity contribution in [1.82, 2.24) is 4.90 Å². The van der Waals surface area contributed by atoms with Gasteiger partial charge in [-0.1, -0.05) is 17.7 Å². The second kappa shape index (κ2) is 6.58. The summed E-state index contributed by atoms with van der Waals surface area (Å²) in [5.74, 6) is 0. The predicted molar refractivity (Wildman–Crippen MR) is 70.9 cm³/mol. The lowest BCUT2D eigenvalue weighted by atomic mass is 10.2. The van der Waals surface area contributed by atoms with Gasteiger partial charge in [0, 0.05) is 17.8 Å². The molecule has 6 heteroatoms. The highest BCUT2D eigenvalue weighted by Crippen LogP contribution is 2.20. The van der Waals surface area contributed by atoms with E-state index >= 15 is 0 Å². The summed E-state index contributed by atoms with van der Waals surface area (Å²) in [5, 5.41) is 21.2. The molecule has 3 N–H and O–H groups in total. The quantitative estimate of drug-likeness (QED) is 0.777. The molecule has 0 radical (unpaired) electrons. The van der Waals surface area contributed by atoms with Gasteiger partial charge < -0.3 is 20.4 Å². The first-order valence-electron chi connectivity index (χ1n) is 5.51. The molecule has 1 aromatic carbocycles. The third-order valence-corrected chi connectivity index (χ3v) is 2.87. The third kappa shape index (κ3) is 4.18. The number of halogens is 1. The van der Waals surface area contributed by atoms with Crippen molar-refractivity contribution in [2.45, 2.75) is 13.0 Å². The summed E-state index contributed by atoms with van der Waals surface area (Å²) in [7, 11) is 1.53. The van der Waals surface area contributed by atoms with Gasteiger partial charge >= 0.3 is 6.03 Å². The van der Waals surface area contributed by atoms with Crippen LogP contribution >= 0.6 is 11.6 Å². The molecule has 0 bridgehead atoms. The van der Waals surface area contributed by atoms with Crippen molar-refractivity contribution in [2.75, 3.05) is 25.5 Å². The largest absolute Gasteiger partial charge is 0.394 e. The van der Waals surface area contributed by atoms with E-state index in [1.165, 1.54) is 11.9 Å². The summed E-state index contributed by atoms with van der Waals surface area (Å²) in [6, 6.07) is 4.84. The van der Waals surface area contributed by atoms with Crippen molar-refractivity contribution in [3.8, 4) is 0 Å². The summed E-state index contributed by atoms with van der Waals surface area (Å²) >= 11 is 5.95. The first-order valence-corrected chi connectivity index (χ1v) is 5.89. The van der Waals surface area contributed by atoms with Crippen LogP contribution in [0.25, 0.3) is 0 Å². The molecule has 2 amide bonds. The van der Waals surface area contributed by atoms with Crippen molar-refractivity contribution in [3.63, 3.8) is 0 Å². The Morgan fingerprint density at radius 3 is 2.78 bits per heavy atom. The van der Waals surface area contributed by atoms with E-state index in [-0.39, 0.29) is 19.2 Å². The number of hydrogen-bond acceptors (Lipinski definition) is 3. The van der Waals surface area contributed by atoms with Gasteiger partial charge in [0.15, 0.2) is 0 Å². The summed E-state index contributed by atoms with van der Waals surface area (Å²) in [6.07, 6.45) is -0.942. The van der Waals surface area contributed by atoms with Gasteiger partial charge in [-0.25, -0.2) is 4.79 Å². The van der Waals surface area contributed by atoms with E-state index in [0.717, 1.165) is 5.56 Å². The van der Waals surface area contributed by atoms with Gasteiger partial charge in [0.05, 0.1) is 19.3 Å². The maximum atomic E-state index is 11.7. The Bertz CT molecular complexity index is 426. The van der Waals surface area contributed by atoms with Gasteiger partial charge in [-0.3, -0.25) is 0 Å². The number of aliphatic hydroxyl groups is 2. The first kappa shape index (κ1) is 14.8. The fourth-order valence-corrected chi connectivity index (χ4v) is 1.53. The molecule has 1 aromatic rings. The second-order valence-corrected chi connectivity index (χ2v) is 4.52. The van der Waals surface area contributed by atoms with Crippen molar-refractivity contribution < 1.29 is 15.0 Å². The van der Waals surface area contributed by atoms with E-state index in [0.29, 0.717) is 10.7 Å². The lowest BCUT2D eigenvalue weighted by Gasteiger charge is -2.20. The summed E-state index contributed by atoms with van der Waals surface area (Å²) in [5.41, 5.74) is 1.51. The number of carbonyl (C=O) groups is 1. The topological polar surface area (TPSA) is 72.8 Å². The minimum atomic E-state index is -0.942. The number of aryl methyl sites for hydroxylation is 1. The molecule has 0 fully saturated rings. The Kier molecular flexibility index (Phi) is 5.40. The molecule has 1 atom stereocenters. The number of amides is 2. The van der Waals surface area contributed by atoms with E-state index in [9.17, 15) is 9.90 Å². The molecule has 0 aliphatic rings. The predicted octanol–water partition coefficient (Wildman–Crippen LogP) is 1.47. The maximum Gasteiger partial charge on any atom is 0.321 e. The van der Waals surface area contributed by atoms with Gasteiger partial charge in [-0.05, 0) is 24.6 Å². The normalized spacial score (nSPS) is 12.1. The Morgan fingerprint density at radius 2 is 2.22 bits per heavy atom. The minimum absolute atomic E-state index is 0.0575. The van der Waals surface area contributed by atoms with E-state index in [4.69, 9.17) is 16.7 Å². The number of anilines is 1. The fourth-order valence-electron chi connectivity index (χ4n) is 1.35. The zero-order valence-electron chi connectivity index (χ0n) is 10.4.